The van der Waals surface area contributed by atoms with Gasteiger partial charge in [-0.2, -0.15) is 0 Å². The Morgan fingerprint density at radius 1 is 1.30 bits per heavy atom. The van der Waals surface area contributed by atoms with E-state index in [2.05, 4.69) is 4.98 Å². The molecule has 5 nitrogen and oxygen atoms in total. The molecule has 0 amide bonds. The van der Waals surface area contributed by atoms with Gasteiger partial charge in [-0.05, 0) is 23.8 Å². The molecule has 0 saturated heterocycles. The number of rotatable bonds is 5. The number of hydrogen-bond donors (Lipinski definition) is 2. The van der Waals surface area contributed by atoms with Gasteiger partial charge in [0, 0.05) is 6.20 Å². The van der Waals surface area contributed by atoms with Gasteiger partial charge >= 0.3 is 0 Å². The van der Waals surface area contributed by atoms with E-state index >= 15 is 0 Å². The van der Waals surface area contributed by atoms with Gasteiger partial charge in [-0.25, -0.2) is 0 Å². The minimum atomic E-state index is -0.0678. The summed E-state index contributed by atoms with van der Waals surface area (Å²) in [6.07, 6.45) is 3.13. The molecule has 0 saturated carbocycles. The molecule has 1 aromatic carbocycles. The van der Waals surface area contributed by atoms with Crippen molar-refractivity contribution in [3.8, 4) is 17.2 Å². The zero-order valence-corrected chi connectivity index (χ0v) is 11.7. The highest BCUT2D eigenvalue weighted by atomic mass is 32.1. The lowest BCUT2D eigenvalue weighted by Gasteiger charge is -2.13. The molecule has 0 atom stereocenters. The number of aliphatic hydroxyl groups is 1. The summed E-state index contributed by atoms with van der Waals surface area (Å²) in [6, 6.07) is 6.84. The molecule has 0 aliphatic carbocycles. The molecule has 2 rings (SSSR count). The number of methoxy groups -OCH3 is 1. The van der Waals surface area contributed by atoms with Crippen molar-refractivity contribution in [2.45, 2.75) is 6.61 Å². The molecule has 0 unspecified atom stereocenters. The van der Waals surface area contributed by atoms with Crippen molar-refractivity contribution in [2.24, 2.45) is 5.73 Å². The van der Waals surface area contributed by atoms with E-state index in [0.717, 1.165) is 5.56 Å². The highest BCUT2D eigenvalue weighted by Gasteiger charge is 2.11. The summed E-state index contributed by atoms with van der Waals surface area (Å²) in [4.78, 5) is 4.22. The summed E-state index contributed by atoms with van der Waals surface area (Å²) in [6.45, 7) is -0.0678. The molecule has 0 fully saturated rings. The minimum Gasteiger partial charge on any atom is -0.493 e. The number of aliphatic hydroxyl groups excluding tert-OH is 1. The Morgan fingerprint density at radius 3 is 2.75 bits per heavy atom. The summed E-state index contributed by atoms with van der Waals surface area (Å²) in [5.74, 6) is 1.46. The first-order valence-corrected chi connectivity index (χ1v) is 6.26. The third kappa shape index (κ3) is 3.04. The van der Waals surface area contributed by atoms with E-state index in [9.17, 15) is 0 Å². The second kappa shape index (κ2) is 6.31. The fourth-order valence-electron chi connectivity index (χ4n) is 1.68. The third-order valence-electron chi connectivity index (χ3n) is 2.68. The van der Waals surface area contributed by atoms with Gasteiger partial charge in [-0.1, -0.05) is 18.3 Å². The molecule has 20 heavy (non-hydrogen) atoms. The van der Waals surface area contributed by atoms with Gasteiger partial charge in [0.2, 0.25) is 0 Å². The van der Waals surface area contributed by atoms with Crippen molar-refractivity contribution in [1.82, 2.24) is 4.98 Å². The van der Waals surface area contributed by atoms with Crippen molar-refractivity contribution in [1.29, 1.82) is 0 Å². The fraction of sp³-hybridized carbons (Fsp3) is 0.143. The molecule has 0 bridgehead atoms. The first-order chi connectivity index (χ1) is 9.65. The number of ether oxygens (including phenoxy) is 2. The van der Waals surface area contributed by atoms with Crippen LogP contribution in [0.2, 0.25) is 0 Å². The van der Waals surface area contributed by atoms with Crippen LogP contribution in [0.25, 0.3) is 0 Å². The Balaban J connectivity index is 2.37. The van der Waals surface area contributed by atoms with Gasteiger partial charge in [0.15, 0.2) is 17.2 Å². The first-order valence-electron chi connectivity index (χ1n) is 5.85. The molecule has 0 spiro atoms. The molecule has 1 aromatic heterocycles. The van der Waals surface area contributed by atoms with Crippen molar-refractivity contribution < 1.29 is 14.6 Å². The van der Waals surface area contributed by atoms with Gasteiger partial charge in [0.1, 0.15) is 4.99 Å². The summed E-state index contributed by atoms with van der Waals surface area (Å²) in [7, 11) is 1.53. The number of hydrogen-bond acceptors (Lipinski definition) is 5. The molecule has 104 valence electrons. The predicted molar refractivity (Wildman–Crippen MR) is 79.1 cm³/mol. The van der Waals surface area contributed by atoms with E-state index in [4.69, 9.17) is 32.5 Å². The van der Waals surface area contributed by atoms with Crippen molar-refractivity contribution in [2.75, 3.05) is 7.11 Å². The lowest BCUT2D eigenvalue weighted by Crippen LogP contribution is -2.11. The third-order valence-corrected chi connectivity index (χ3v) is 2.90. The normalized spacial score (nSPS) is 10.1. The number of pyridine rings is 1. The highest BCUT2D eigenvalue weighted by Crippen LogP contribution is 2.33. The maximum atomic E-state index is 9.12. The molecule has 1 heterocycles. The van der Waals surface area contributed by atoms with Crippen LogP contribution in [0.3, 0.4) is 0 Å². The molecule has 3 N–H and O–H groups in total. The number of nitrogens with zero attached hydrogens (tertiary/aromatic N) is 1. The zero-order valence-electron chi connectivity index (χ0n) is 10.9. The fourth-order valence-corrected chi connectivity index (χ4v) is 1.85. The van der Waals surface area contributed by atoms with Crippen molar-refractivity contribution in [3.63, 3.8) is 0 Å². The maximum Gasteiger partial charge on any atom is 0.169 e. The monoisotopic (exact) mass is 290 g/mol. The van der Waals surface area contributed by atoms with E-state index in [1.807, 2.05) is 0 Å². The lowest BCUT2D eigenvalue weighted by molar-refractivity contribution is 0.280. The van der Waals surface area contributed by atoms with Gasteiger partial charge in [0.25, 0.3) is 0 Å². The lowest BCUT2D eigenvalue weighted by atomic mass is 10.2. The van der Waals surface area contributed by atoms with Crippen LogP contribution in [0, 0.1) is 0 Å². The van der Waals surface area contributed by atoms with Crippen LogP contribution >= 0.6 is 12.2 Å². The zero-order chi connectivity index (χ0) is 14.5. The number of benzene rings is 1. The van der Waals surface area contributed by atoms with E-state index in [1.165, 1.54) is 13.3 Å². The molecular formula is C14H14N2O3S. The number of thiocarbonyl (C=S) groups is 1. The topological polar surface area (TPSA) is 77.6 Å². The Labute approximate surface area is 122 Å². The predicted octanol–water partition coefficient (Wildman–Crippen LogP) is 2.01. The van der Waals surface area contributed by atoms with E-state index in [1.54, 1.807) is 30.5 Å². The molecule has 0 aliphatic rings. The van der Waals surface area contributed by atoms with Gasteiger partial charge in [0.05, 0.1) is 25.5 Å². The van der Waals surface area contributed by atoms with Crippen LogP contribution in [0.5, 0.6) is 17.2 Å². The molecule has 2 aromatic rings. The first kappa shape index (κ1) is 14.2. The van der Waals surface area contributed by atoms with Crippen LogP contribution < -0.4 is 15.2 Å². The SMILES string of the molecule is COc1cc(CO)ccc1Oc1cnccc1C(N)=S. The Bertz CT molecular complexity index is 632. The second-order valence-electron chi connectivity index (χ2n) is 3.98. The van der Waals surface area contributed by atoms with Crippen LogP contribution in [-0.4, -0.2) is 22.2 Å². The Hall–Kier alpha value is -2.18. The number of nitrogens with two attached hydrogens (primary N) is 1. The Morgan fingerprint density at radius 2 is 2.10 bits per heavy atom. The second-order valence-corrected chi connectivity index (χ2v) is 4.42. The summed E-state index contributed by atoms with van der Waals surface area (Å²) in [5, 5.41) is 9.12. The molecule has 0 aliphatic heterocycles. The van der Waals surface area contributed by atoms with Gasteiger partial charge < -0.3 is 20.3 Å². The standard InChI is InChI=1S/C14H14N2O3S/c1-18-12-6-9(8-17)2-3-11(12)19-13-7-16-5-4-10(13)14(15)20/h2-7,17H,8H2,1H3,(H2,15,20). The summed E-state index contributed by atoms with van der Waals surface area (Å²) >= 11 is 4.97. The Kier molecular flexibility index (Phi) is 4.49. The number of aromatic nitrogens is 1. The van der Waals surface area contributed by atoms with Crippen molar-refractivity contribution in [3.05, 3.63) is 47.8 Å². The summed E-state index contributed by atoms with van der Waals surface area (Å²) in [5.41, 5.74) is 6.98. The average molecular weight is 290 g/mol. The van der Waals surface area contributed by atoms with E-state index in [0.29, 0.717) is 22.8 Å². The average Bonchev–Trinajstić information content (AvgIpc) is 2.48. The molecular weight excluding hydrogens is 276 g/mol. The van der Waals surface area contributed by atoms with Crippen LogP contribution in [-0.2, 0) is 6.61 Å². The maximum absolute atomic E-state index is 9.12. The summed E-state index contributed by atoms with van der Waals surface area (Å²) < 4.78 is 11.0. The van der Waals surface area contributed by atoms with Gasteiger partial charge in [-0.15, -0.1) is 0 Å². The quantitative estimate of drug-likeness (QED) is 0.820. The largest absolute Gasteiger partial charge is 0.493 e. The van der Waals surface area contributed by atoms with Gasteiger partial charge in [-0.3, -0.25) is 4.98 Å². The van der Waals surface area contributed by atoms with Crippen LogP contribution in [0.4, 0.5) is 0 Å². The minimum absolute atomic E-state index is 0.0678. The highest BCUT2D eigenvalue weighted by molar-refractivity contribution is 7.80. The van der Waals surface area contributed by atoms with Crippen LogP contribution in [0.1, 0.15) is 11.1 Å². The van der Waals surface area contributed by atoms with E-state index in [-0.39, 0.29) is 11.6 Å². The van der Waals surface area contributed by atoms with Crippen LogP contribution in [0.15, 0.2) is 36.7 Å². The van der Waals surface area contributed by atoms with E-state index < -0.39 is 0 Å². The smallest absolute Gasteiger partial charge is 0.169 e. The molecule has 0 radical (unpaired) electrons. The van der Waals surface area contributed by atoms with Crippen molar-refractivity contribution >= 4 is 17.2 Å². The molecule has 6 heteroatoms.